The Hall–Kier alpha value is -0.430. The van der Waals surface area contributed by atoms with Crippen molar-refractivity contribution in [3.8, 4) is 0 Å². The van der Waals surface area contributed by atoms with E-state index in [2.05, 4.69) is 37.7 Å². The summed E-state index contributed by atoms with van der Waals surface area (Å²) in [6.45, 7) is 9.61. The van der Waals surface area contributed by atoms with Crippen LogP contribution in [0.1, 0.15) is 32.6 Å². The zero-order valence-electron chi connectivity index (χ0n) is 12.9. The van der Waals surface area contributed by atoms with E-state index in [-0.39, 0.29) is 0 Å². The molecule has 0 radical (unpaired) electrons. The Balaban J connectivity index is 2.82. The van der Waals surface area contributed by atoms with Gasteiger partial charge in [0.15, 0.2) is 0 Å². The molecule has 6 heteroatoms. The third-order valence-electron chi connectivity index (χ3n) is 3.55. The van der Waals surface area contributed by atoms with E-state index in [9.17, 15) is 8.42 Å². The van der Waals surface area contributed by atoms with Gasteiger partial charge in [-0.1, -0.05) is 27.7 Å². The van der Waals surface area contributed by atoms with Crippen molar-refractivity contribution >= 4 is 21.4 Å². The molecular weight excluding hydrogens is 292 g/mol. The van der Waals surface area contributed by atoms with E-state index in [1.165, 1.54) is 11.3 Å². The van der Waals surface area contributed by atoms with Crippen molar-refractivity contribution in [2.24, 2.45) is 17.8 Å². The standard InChI is InChI=1S/C14H26N2O2S2/c1-10(2)12(11(3)4)8-16-20(17,18)14-6-7-19-13(14)9-15-5/h6-7,10-12,15-16H,8-9H2,1-5H3. The highest BCUT2D eigenvalue weighted by Crippen LogP contribution is 2.23. The Kier molecular flexibility index (Phi) is 6.64. The first-order valence-corrected chi connectivity index (χ1v) is 9.36. The Morgan fingerprint density at radius 3 is 2.30 bits per heavy atom. The summed E-state index contributed by atoms with van der Waals surface area (Å²) in [4.78, 5) is 1.26. The second-order valence-corrected chi connectivity index (χ2v) is 8.48. The van der Waals surface area contributed by atoms with Crippen LogP contribution in [0.25, 0.3) is 0 Å². The van der Waals surface area contributed by atoms with Crippen LogP contribution in [0.5, 0.6) is 0 Å². The van der Waals surface area contributed by atoms with Gasteiger partial charge >= 0.3 is 0 Å². The van der Waals surface area contributed by atoms with Crippen LogP contribution in [0.15, 0.2) is 16.3 Å². The van der Waals surface area contributed by atoms with Gasteiger partial charge in [-0.25, -0.2) is 13.1 Å². The van der Waals surface area contributed by atoms with Crippen LogP contribution in [-0.4, -0.2) is 22.0 Å². The van der Waals surface area contributed by atoms with Gasteiger partial charge < -0.3 is 5.32 Å². The van der Waals surface area contributed by atoms with Gasteiger partial charge in [0.1, 0.15) is 0 Å². The molecule has 0 fully saturated rings. The second-order valence-electron chi connectivity index (χ2n) is 5.74. The van der Waals surface area contributed by atoms with Crippen molar-refractivity contribution in [2.45, 2.75) is 39.1 Å². The molecule has 0 aromatic carbocycles. The van der Waals surface area contributed by atoms with E-state index in [1.807, 2.05) is 12.4 Å². The summed E-state index contributed by atoms with van der Waals surface area (Å²) in [5.41, 5.74) is 0. The molecule has 0 saturated carbocycles. The molecule has 1 heterocycles. The maximum absolute atomic E-state index is 12.4. The minimum absolute atomic E-state index is 0.344. The molecule has 0 unspecified atom stereocenters. The third-order valence-corrected chi connectivity index (χ3v) is 6.11. The van der Waals surface area contributed by atoms with Crippen LogP contribution in [0, 0.1) is 17.8 Å². The quantitative estimate of drug-likeness (QED) is 0.775. The van der Waals surface area contributed by atoms with Crippen molar-refractivity contribution in [3.05, 3.63) is 16.3 Å². The van der Waals surface area contributed by atoms with E-state index in [0.29, 0.717) is 35.7 Å². The molecule has 1 rings (SSSR count). The van der Waals surface area contributed by atoms with Crippen molar-refractivity contribution < 1.29 is 8.42 Å². The summed E-state index contributed by atoms with van der Waals surface area (Å²) in [6, 6.07) is 1.68. The Morgan fingerprint density at radius 2 is 1.80 bits per heavy atom. The highest BCUT2D eigenvalue weighted by Gasteiger charge is 2.23. The first-order chi connectivity index (χ1) is 9.29. The average molecular weight is 319 g/mol. The molecule has 0 bridgehead atoms. The fourth-order valence-electron chi connectivity index (χ4n) is 2.38. The molecular formula is C14H26N2O2S2. The van der Waals surface area contributed by atoms with E-state index in [4.69, 9.17) is 0 Å². The highest BCUT2D eigenvalue weighted by molar-refractivity contribution is 7.89. The second kappa shape index (κ2) is 7.54. The lowest BCUT2D eigenvalue weighted by molar-refractivity contribution is 0.289. The summed E-state index contributed by atoms with van der Waals surface area (Å²) >= 11 is 1.47. The number of hydrogen-bond acceptors (Lipinski definition) is 4. The van der Waals surface area contributed by atoms with Crippen LogP contribution >= 0.6 is 11.3 Å². The minimum Gasteiger partial charge on any atom is -0.315 e. The summed E-state index contributed by atoms with van der Waals surface area (Å²) in [6.07, 6.45) is 0. The van der Waals surface area contributed by atoms with Gasteiger partial charge in [-0.2, -0.15) is 0 Å². The van der Waals surface area contributed by atoms with Gasteiger partial charge in [-0.3, -0.25) is 0 Å². The summed E-state index contributed by atoms with van der Waals surface area (Å²) < 4.78 is 27.6. The molecule has 0 saturated heterocycles. The molecule has 1 aromatic rings. The van der Waals surface area contributed by atoms with Crippen LogP contribution in [0.4, 0.5) is 0 Å². The first-order valence-electron chi connectivity index (χ1n) is 7.00. The molecule has 2 N–H and O–H groups in total. The average Bonchev–Trinajstić information content (AvgIpc) is 2.77. The van der Waals surface area contributed by atoms with Gasteiger partial charge in [0.25, 0.3) is 0 Å². The van der Waals surface area contributed by atoms with Crippen molar-refractivity contribution in [2.75, 3.05) is 13.6 Å². The fourth-order valence-corrected chi connectivity index (χ4v) is 4.91. The molecule has 116 valence electrons. The Labute approximate surface area is 127 Å². The zero-order valence-corrected chi connectivity index (χ0v) is 14.6. The monoisotopic (exact) mass is 318 g/mol. The van der Waals surface area contributed by atoms with Crippen LogP contribution in [0.2, 0.25) is 0 Å². The lowest BCUT2D eigenvalue weighted by Gasteiger charge is -2.25. The van der Waals surface area contributed by atoms with Gasteiger partial charge in [0, 0.05) is 18.0 Å². The van der Waals surface area contributed by atoms with Gasteiger partial charge in [0.2, 0.25) is 10.0 Å². The van der Waals surface area contributed by atoms with Crippen molar-refractivity contribution in [1.29, 1.82) is 0 Å². The van der Waals surface area contributed by atoms with Crippen molar-refractivity contribution in [3.63, 3.8) is 0 Å². The predicted molar refractivity (Wildman–Crippen MR) is 85.4 cm³/mol. The third kappa shape index (κ3) is 4.55. The van der Waals surface area contributed by atoms with E-state index < -0.39 is 10.0 Å². The smallest absolute Gasteiger partial charge is 0.241 e. The van der Waals surface area contributed by atoms with Gasteiger partial charge in [-0.05, 0) is 36.2 Å². The molecule has 0 aliphatic rings. The number of thiophene rings is 1. The van der Waals surface area contributed by atoms with E-state index in [0.717, 1.165) is 4.88 Å². The lowest BCUT2D eigenvalue weighted by Crippen LogP contribution is -2.34. The first kappa shape index (κ1) is 17.6. The lowest BCUT2D eigenvalue weighted by atomic mass is 9.86. The van der Waals surface area contributed by atoms with Crippen molar-refractivity contribution in [1.82, 2.24) is 10.0 Å². The number of rotatable bonds is 8. The maximum Gasteiger partial charge on any atom is 0.241 e. The van der Waals surface area contributed by atoms with Gasteiger partial charge in [-0.15, -0.1) is 11.3 Å². The van der Waals surface area contributed by atoms with Crippen LogP contribution in [0.3, 0.4) is 0 Å². The van der Waals surface area contributed by atoms with Crippen LogP contribution in [-0.2, 0) is 16.6 Å². The minimum atomic E-state index is -3.41. The molecule has 1 aromatic heterocycles. The molecule has 0 amide bonds. The topological polar surface area (TPSA) is 58.2 Å². The summed E-state index contributed by atoms with van der Waals surface area (Å²) in [5.74, 6) is 1.25. The Morgan fingerprint density at radius 1 is 1.20 bits per heavy atom. The van der Waals surface area contributed by atoms with Gasteiger partial charge in [0.05, 0.1) is 4.90 Å². The molecule has 20 heavy (non-hydrogen) atoms. The predicted octanol–water partition coefficient (Wildman–Crippen LogP) is 2.67. The molecule has 0 atom stereocenters. The summed E-state index contributed by atoms with van der Waals surface area (Å²) in [7, 11) is -1.59. The molecule has 0 aliphatic carbocycles. The fraction of sp³-hybridized carbons (Fsp3) is 0.714. The number of hydrogen-bond donors (Lipinski definition) is 2. The van der Waals surface area contributed by atoms with E-state index in [1.54, 1.807) is 6.07 Å². The zero-order chi connectivity index (χ0) is 15.3. The van der Waals surface area contributed by atoms with Crippen LogP contribution < -0.4 is 10.0 Å². The number of sulfonamides is 1. The maximum atomic E-state index is 12.4. The Bertz CT molecular complexity index is 499. The molecule has 0 aliphatic heterocycles. The molecule has 4 nitrogen and oxygen atoms in total. The number of nitrogens with one attached hydrogen (secondary N) is 2. The van der Waals surface area contributed by atoms with E-state index >= 15 is 0 Å². The largest absolute Gasteiger partial charge is 0.315 e. The summed E-state index contributed by atoms with van der Waals surface area (Å²) in [5, 5.41) is 4.83. The highest BCUT2D eigenvalue weighted by atomic mass is 32.2. The SMILES string of the molecule is CNCc1sccc1S(=O)(=O)NCC(C(C)C)C(C)C. The normalized spacial score (nSPS) is 12.8. The molecule has 0 spiro atoms.